The van der Waals surface area contributed by atoms with E-state index >= 15 is 0 Å². The van der Waals surface area contributed by atoms with E-state index in [0.717, 1.165) is 27.9 Å². The van der Waals surface area contributed by atoms with E-state index in [1.54, 1.807) is 38.1 Å². The minimum atomic E-state index is -5.00. The summed E-state index contributed by atoms with van der Waals surface area (Å²) in [7, 11) is -9.82. The lowest BCUT2D eigenvalue weighted by molar-refractivity contribution is -0.121. The first-order valence-corrected chi connectivity index (χ1v) is 23.9. The van der Waals surface area contributed by atoms with Crippen molar-refractivity contribution < 1.29 is 39.9 Å². The van der Waals surface area contributed by atoms with Crippen molar-refractivity contribution in [2.75, 3.05) is 16.0 Å². The second-order valence-electron chi connectivity index (χ2n) is 17.5. The third-order valence-corrected chi connectivity index (χ3v) is 14.0. The molecule has 0 radical (unpaired) electrons. The maximum absolute atomic E-state index is 13.3. The molecule has 15 heteroatoms. The predicted molar refractivity (Wildman–Crippen MR) is 253 cm³/mol. The Morgan fingerprint density at radius 3 is 1.70 bits per heavy atom. The van der Waals surface area contributed by atoms with E-state index in [1.807, 2.05) is 81.4 Å². The van der Waals surface area contributed by atoms with Gasteiger partial charge in [0.25, 0.3) is 20.2 Å². The lowest BCUT2D eigenvalue weighted by atomic mass is 9.93. The molecular formula is C49H56N4O9S2. The fourth-order valence-corrected chi connectivity index (χ4v) is 9.25. The Balaban J connectivity index is 1.63. The summed E-state index contributed by atoms with van der Waals surface area (Å²) in [6.45, 7) is 22.8. The number of amides is 2. The molecule has 0 fully saturated rings. The molecule has 4 aromatic carbocycles. The Bertz CT molecular complexity index is 3130. The molecule has 2 aliphatic rings. The molecule has 1 aliphatic carbocycles. The second kappa shape index (κ2) is 18.0. The van der Waals surface area contributed by atoms with Gasteiger partial charge in [0.15, 0.2) is 0 Å². The number of hydrogen-bond donors (Lipinski definition) is 5. The van der Waals surface area contributed by atoms with Gasteiger partial charge in [0, 0.05) is 68.8 Å². The standard InChI is InChI=1S/C49H56N4O9S2/c1-24(2)30(9)48(54)52-46-28(7)19-26(5)44(32(46)11)50-34-17-18-35-39(21-34)62-40-23-38(51-45-27(6)20-29(8)47(33(45)12)53-49(55)31(10)25(3)4)42(64(59,60)61)22-37(40)43(35)36-15-13-14-16-41(36)63(56,57)58/h13-25,30-31,50H,1-12H3,(H,52,54)(H,53,55)(H,56,57,58)(H,59,60,61)/b51-38+. The molecule has 0 bridgehead atoms. The van der Waals surface area contributed by atoms with Crippen molar-refractivity contribution in [3.8, 4) is 22.5 Å². The van der Waals surface area contributed by atoms with Gasteiger partial charge in [-0.05, 0) is 111 Å². The highest BCUT2D eigenvalue weighted by Crippen LogP contribution is 2.44. The molecule has 0 spiro atoms. The molecule has 0 saturated heterocycles. The summed E-state index contributed by atoms with van der Waals surface area (Å²) in [5.41, 5.74) is 8.09. The summed E-state index contributed by atoms with van der Waals surface area (Å²) < 4.78 is 80.0. The van der Waals surface area contributed by atoms with Crippen LogP contribution < -0.4 is 21.3 Å². The van der Waals surface area contributed by atoms with Crippen molar-refractivity contribution >= 4 is 71.5 Å². The number of benzene rings is 5. The lowest BCUT2D eigenvalue weighted by Gasteiger charge is -2.22. The van der Waals surface area contributed by atoms with E-state index in [2.05, 4.69) is 16.0 Å². The van der Waals surface area contributed by atoms with E-state index in [0.29, 0.717) is 39.3 Å². The Morgan fingerprint density at radius 1 is 0.609 bits per heavy atom. The van der Waals surface area contributed by atoms with Crippen molar-refractivity contribution in [1.82, 2.24) is 0 Å². The molecule has 6 rings (SSSR count). The zero-order valence-electron chi connectivity index (χ0n) is 38.2. The summed E-state index contributed by atoms with van der Waals surface area (Å²) in [6.07, 6.45) is 0. The zero-order valence-corrected chi connectivity index (χ0v) is 39.8. The maximum atomic E-state index is 13.3. The van der Waals surface area contributed by atoms with Gasteiger partial charge in [0.1, 0.15) is 21.1 Å². The van der Waals surface area contributed by atoms with E-state index < -0.39 is 30.0 Å². The third kappa shape index (κ3) is 9.48. The van der Waals surface area contributed by atoms with Gasteiger partial charge in [0.2, 0.25) is 11.8 Å². The first-order chi connectivity index (χ1) is 29.8. The van der Waals surface area contributed by atoms with Crippen LogP contribution in [0.25, 0.3) is 33.4 Å². The number of aryl methyl sites for hydroxylation is 4. The molecule has 64 heavy (non-hydrogen) atoms. The Labute approximate surface area is 375 Å². The van der Waals surface area contributed by atoms with E-state index in [9.17, 15) is 35.5 Å². The third-order valence-electron chi connectivity index (χ3n) is 12.2. The molecule has 2 unspecified atom stereocenters. The van der Waals surface area contributed by atoms with Crippen molar-refractivity contribution in [2.24, 2.45) is 28.7 Å². The number of anilines is 4. The van der Waals surface area contributed by atoms with E-state index in [4.69, 9.17) is 9.41 Å². The molecule has 13 nitrogen and oxygen atoms in total. The van der Waals surface area contributed by atoms with Crippen molar-refractivity contribution in [3.05, 3.63) is 105 Å². The molecule has 1 aliphatic heterocycles. The Morgan fingerprint density at radius 2 is 1.14 bits per heavy atom. The summed E-state index contributed by atoms with van der Waals surface area (Å²) in [5.74, 6) is -0.506. The van der Waals surface area contributed by atoms with Crippen molar-refractivity contribution in [3.63, 3.8) is 0 Å². The monoisotopic (exact) mass is 908 g/mol. The second-order valence-corrected chi connectivity index (χ2v) is 20.3. The van der Waals surface area contributed by atoms with Crippen LogP contribution >= 0.6 is 0 Å². The average Bonchev–Trinajstić information content (AvgIpc) is 3.21. The van der Waals surface area contributed by atoms with Gasteiger partial charge < -0.3 is 20.4 Å². The van der Waals surface area contributed by atoms with Gasteiger partial charge in [-0.3, -0.25) is 18.7 Å². The fourth-order valence-electron chi connectivity index (χ4n) is 7.92. The normalized spacial score (nSPS) is 13.5. The number of nitrogens with zero attached hydrogens (tertiary/aromatic N) is 1. The van der Waals surface area contributed by atoms with Crippen molar-refractivity contribution in [2.45, 2.75) is 92.9 Å². The highest BCUT2D eigenvalue weighted by molar-refractivity contribution is 7.86. The van der Waals surface area contributed by atoms with Gasteiger partial charge >= 0.3 is 0 Å². The van der Waals surface area contributed by atoms with Crippen LogP contribution in [0.3, 0.4) is 0 Å². The van der Waals surface area contributed by atoms with E-state index in [-0.39, 0.29) is 68.9 Å². The van der Waals surface area contributed by atoms with Crippen LogP contribution in [0, 0.1) is 65.2 Å². The minimum absolute atomic E-state index is 0.0463. The number of fused-ring (bicyclic) bond motifs is 2. The largest absolute Gasteiger partial charge is 0.456 e. The molecule has 1 heterocycles. The zero-order chi connectivity index (χ0) is 47.3. The molecule has 338 valence electrons. The van der Waals surface area contributed by atoms with Crippen LogP contribution in [0.4, 0.5) is 28.4 Å². The van der Waals surface area contributed by atoms with Crippen LogP contribution in [0.2, 0.25) is 0 Å². The SMILES string of the molecule is Cc1cc(C)c(NC(=O)C(C)C(C)C)c(C)c1/N=c1\cc2oc3cc(Nc4c(C)cc(C)c(NC(=O)C(C)C(C)C)c4C)ccc3c(-c3ccccc3S(=O)(=O)O)c-2cc1S(=O)(=O)O. The van der Waals surface area contributed by atoms with Gasteiger partial charge in [0.05, 0.1) is 11.0 Å². The molecule has 2 amide bonds. The number of carbonyl (C=O) groups is 2. The van der Waals surface area contributed by atoms with Crippen LogP contribution in [0.15, 0.2) is 85.9 Å². The topological polar surface area (TPSA) is 204 Å². The summed E-state index contributed by atoms with van der Waals surface area (Å²) in [5, 5.41) is 9.80. The van der Waals surface area contributed by atoms with Gasteiger partial charge in [-0.2, -0.15) is 16.8 Å². The molecule has 5 N–H and O–H groups in total. The van der Waals surface area contributed by atoms with Gasteiger partial charge in [-0.25, -0.2) is 4.99 Å². The van der Waals surface area contributed by atoms with Gasteiger partial charge in [-0.1, -0.05) is 71.9 Å². The van der Waals surface area contributed by atoms with E-state index in [1.165, 1.54) is 30.3 Å². The molecule has 2 atom stereocenters. The predicted octanol–water partition coefficient (Wildman–Crippen LogP) is 11.0. The Kier molecular flexibility index (Phi) is 13.4. The average molecular weight is 909 g/mol. The molecule has 4 aromatic rings. The molecule has 0 aromatic heterocycles. The highest BCUT2D eigenvalue weighted by Gasteiger charge is 2.28. The quantitative estimate of drug-likeness (QED) is 0.0580. The molecular weight excluding hydrogens is 853 g/mol. The summed E-state index contributed by atoms with van der Waals surface area (Å²) in [4.78, 5) is 30.2. The molecule has 0 saturated carbocycles. The number of nitrogens with one attached hydrogen (secondary N) is 3. The summed E-state index contributed by atoms with van der Waals surface area (Å²) >= 11 is 0. The smallest absolute Gasteiger partial charge is 0.296 e. The van der Waals surface area contributed by atoms with Gasteiger partial charge in [-0.15, -0.1) is 0 Å². The van der Waals surface area contributed by atoms with Crippen LogP contribution in [0.5, 0.6) is 0 Å². The first kappa shape index (κ1) is 47.6. The lowest BCUT2D eigenvalue weighted by Crippen LogP contribution is -2.25. The highest BCUT2D eigenvalue weighted by atomic mass is 32.2. The number of carbonyl (C=O) groups excluding carboxylic acids is 2. The Hall–Kier alpha value is -5.87. The maximum Gasteiger partial charge on any atom is 0.296 e. The van der Waals surface area contributed by atoms with Crippen LogP contribution in [-0.2, 0) is 29.8 Å². The summed E-state index contributed by atoms with van der Waals surface area (Å²) in [6, 6.07) is 17.2. The van der Waals surface area contributed by atoms with Crippen molar-refractivity contribution in [1.29, 1.82) is 0 Å². The van der Waals surface area contributed by atoms with Crippen LogP contribution in [-0.4, -0.2) is 37.8 Å². The number of hydrogen-bond acceptors (Lipinski definition) is 9. The first-order valence-electron chi connectivity index (χ1n) is 21.0. The van der Waals surface area contributed by atoms with Crippen LogP contribution in [0.1, 0.15) is 74.9 Å². The minimum Gasteiger partial charge on any atom is -0.456 e. The number of rotatable bonds is 12. The fraction of sp³-hybridized carbons (Fsp3) is 0.327.